The van der Waals surface area contributed by atoms with Crippen LogP contribution in [0.25, 0.3) is 10.2 Å². The highest BCUT2D eigenvalue weighted by molar-refractivity contribution is 7.92. The van der Waals surface area contributed by atoms with Gasteiger partial charge in [0.1, 0.15) is 5.75 Å². The Bertz CT molecular complexity index is 1510. The Kier molecular flexibility index (Phi) is 7.14. The normalized spacial score (nSPS) is 15.6. The molecule has 4 aromatic rings. The van der Waals surface area contributed by atoms with Crippen molar-refractivity contribution >= 4 is 48.3 Å². The Morgan fingerprint density at radius 1 is 1.14 bits per heavy atom. The van der Waals surface area contributed by atoms with E-state index in [1.807, 2.05) is 25.1 Å². The largest absolute Gasteiger partial charge is 0.497 e. The van der Waals surface area contributed by atoms with Crippen LogP contribution in [0.5, 0.6) is 5.75 Å². The predicted molar refractivity (Wildman–Crippen MR) is 145 cm³/mol. The van der Waals surface area contributed by atoms with Crippen molar-refractivity contribution in [1.82, 2.24) is 4.98 Å². The summed E-state index contributed by atoms with van der Waals surface area (Å²) in [6.45, 7) is 2.96. The lowest BCUT2D eigenvalue weighted by Gasteiger charge is -2.23. The number of benzene rings is 3. The standard InChI is InChI=1S/C27H27N3O5S2/c1-18-5-12-23(13-6-18)37(32,33)29-20-9-7-19(8-10-20)26(31)30(17-22-4-3-15-35-22)27-28-24-14-11-21(34-2)16-25(24)36-27/h5-14,16,22,29H,3-4,15,17H2,1-2H3. The summed E-state index contributed by atoms with van der Waals surface area (Å²) in [6, 6.07) is 18.7. The van der Waals surface area contributed by atoms with Gasteiger partial charge in [-0.05, 0) is 74.4 Å². The van der Waals surface area contributed by atoms with Gasteiger partial charge >= 0.3 is 0 Å². The van der Waals surface area contributed by atoms with Crippen LogP contribution in [0.1, 0.15) is 28.8 Å². The molecule has 1 atom stereocenters. The molecule has 1 amide bonds. The van der Waals surface area contributed by atoms with Gasteiger partial charge in [-0.2, -0.15) is 0 Å². The number of sulfonamides is 1. The number of carbonyl (C=O) groups is 1. The Morgan fingerprint density at radius 2 is 1.89 bits per heavy atom. The first-order chi connectivity index (χ1) is 17.8. The quantitative estimate of drug-likeness (QED) is 0.330. The first kappa shape index (κ1) is 25.2. The maximum absolute atomic E-state index is 13.7. The molecule has 1 fully saturated rings. The topological polar surface area (TPSA) is 97.8 Å². The van der Waals surface area contributed by atoms with E-state index in [0.29, 0.717) is 29.5 Å². The van der Waals surface area contributed by atoms with E-state index in [2.05, 4.69) is 4.72 Å². The Morgan fingerprint density at radius 3 is 2.57 bits per heavy atom. The summed E-state index contributed by atoms with van der Waals surface area (Å²) in [5.74, 6) is 0.498. The fourth-order valence-corrected chi connectivity index (χ4v) is 6.20. The van der Waals surface area contributed by atoms with Crippen molar-refractivity contribution in [3.05, 3.63) is 77.9 Å². The molecule has 5 rings (SSSR count). The second-order valence-electron chi connectivity index (χ2n) is 8.88. The van der Waals surface area contributed by atoms with E-state index in [4.69, 9.17) is 14.5 Å². The first-order valence-corrected chi connectivity index (χ1v) is 14.2. The van der Waals surface area contributed by atoms with Crippen LogP contribution < -0.4 is 14.4 Å². The summed E-state index contributed by atoms with van der Waals surface area (Å²) >= 11 is 1.42. The van der Waals surface area contributed by atoms with E-state index < -0.39 is 10.0 Å². The fourth-order valence-electron chi connectivity index (χ4n) is 4.14. The van der Waals surface area contributed by atoms with Crippen LogP contribution in [0.4, 0.5) is 10.8 Å². The highest BCUT2D eigenvalue weighted by atomic mass is 32.2. The summed E-state index contributed by atoms with van der Waals surface area (Å²) < 4.78 is 40.1. The number of amides is 1. The third-order valence-corrected chi connectivity index (χ3v) is 8.62. The number of thiazole rings is 1. The second-order valence-corrected chi connectivity index (χ2v) is 11.6. The fraction of sp³-hybridized carbons (Fsp3) is 0.259. The maximum atomic E-state index is 13.7. The van der Waals surface area contributed by atoms with Crippen molar-refractivity contribution in [3.8, 4) is 5.75 Å². The van der Waals surface area contributed by atoms with Crippen LogP contribution in [-0.4, -0.2) is 45.7 Å². The highest BCUT2D eigenvalue weighted by Crippen LogP contribution is 2.33. The van der Waals surface area contributed by atoms with Gasteiger partial charge in [0.15, 0.2) is 5.13 Å². The van der Waals surface area contributed by atoms with Crippen molar-refractivity contribution in [2.45, 2.75) is 30.8 Å². The smallest absolute Gasteiger partial charge is 0.261 e. The van der Waals surface area contributed by atoms with Crippen molar-refractivity contribution in [2.75, 3.05) is 29.9 Å². The summed E-state index contributed by atoms with van der Waals surface area (Å²) in [6.07, 6.45) is 1.77. The van der Waals surface area contributed by atoms with E-state index >= 15 is 0 Å². The molecule has 0 saturated carbocycles. The van der Waals surface area contributed by atoms with Crippen LogP contribution in [0, 0.1) is 6.92 Å². The molecule has 1 aliphatic heterocycles. The molecule has 1 aromatic heterocycles. The van der Waals surface area contributed by atoms with Crippen LogP contribution in [0.2, 0.25) is 0 Å². The number of hydrogen-bond acceptors (Lipinski definition) is 7. The van der Waals surface area contributed by atoms with E-state index in [0.717, 1.165) is 34.4 Å². The molecular weight excluding hydrogens is 510 g/mol. The van der Waals surface area contributed by atoms with Gasteiger partial charge in [-0.3, -0.25) is 14.4 Å². The molecule has 37 heavy (non-hydrogen) atoms. The van der Waals surface area contributed by atoms with Crippen molar-refractivity contribution in [3.63, 3.8) is 0 Å². The molecule has 1 unspecified atom stereocenters. The summed E-state index contributed by atoms with van der Waals surface area (Å²) in [5, 5.41) is 0.577. The van der Waals surface area contributed by atoms with E-state index in [-0.39, 0.29) is 16.9 Å². The van der Waals surface area contributed by atoms with Gasteiger partial charge in [0.2, 0.25) is 0 Å². The summed E-state index contributed by atoms with van der Waals surface area (Å²) in [4.78, 5) is 20.2. The average molecular weight is 538 g/mol. The lowest BCUT2D eigenvalue weighted by Crippen LogP contribution is -2.37. The van der Waals surface area contributed by atoms with Gasteiger partial charge in [-0.25, -0.2) is 13.4 Å². The zero-order valence-corrected chi connectivity index (χ0v) is 22.1. The number of nitrogens with zero attached hydrogens (tertiary/aromatic N) is 2. The lowest BCUT2D eigenvalue weighted by atomic mass is 10.1. The minimum Gasteiger partial charge on any atom is -0.497 e. The van der Waals surface area contributed by atoms with E-state index in [9.17, 15) is 13.2 Å². The van der Waals surface area contributed by atoms with Crippen LogP contribution in [-0.2, 0) is 14.8 Å². The molecule has 0 spiro atoms. The number of carbonyl (C=O) groups excluding carboxylic acids is 1. The van der Waals surface area contributed by atoms with Gasteiger partial charge < -0.3 is 9.47 Å². The molecule has 8 nitrogen and oxygen atoms in total. The predicted octanol–water partition coefficient (Wildman–Crippen LogP) is 5.24. The molecule has 1 saturated heterocycles. The second kappa shape index (κ2) is 10.5. The molecule has 0 radical (unpaired) electrons. The zero-order valence-electron chi connectivity index (χ0n) is 20.5. The third kappa shape index (κ3) is 5.61. The Hall–Kier alpha value is -3.47. The van der Waals surface area contributed by atoms with Crippen LogP contribution >= 0.6 is 11.3 Å². The van der Waals surface area contributed by atoms with Crippen LogP contribution in [0.15, 0.2) is 71.6 Å². The number of hydrogen-bond donors (Lipinski definition) is 1. The number of nitrogens with one attached hydrogen (secondary N) is 1. The van der Waals surface area contributed by atoms with Gasteiger partial charge in [-0.15, -0.1) is 0 Å². The third-order valence-electron chi connectivity index (χ3n) is 6.19. The monoisotopic (exact) mass is 537 g/mol. The number of aryl methyl sites for hydroxylation is 1. The number of aromatic nitrogens is 1. The minimum absolute atomic E-state index is 0.0638. The molecule has 192 valence electrons. The highest BCUT2D eigenvalue weighted by Gasteiger charge is 2.27. The Balaban J connectivity index is 1.39. The Labute approximate surface area is 219 Å². The molecule has 3 aromatic carbocycles. The van der Waals surface area contributed by atoms with Crippen molar-refractivity contribution < 1.29 is 22.7 Å². The number of ether oxygens (including phenoxy) is 2. The molecule has 2 heterocycles. The number of methoxy groups -OCH3 is 1. The van der Waals surface area contributed by atoms with E-state index in [1.54, 1.807) is 60.5 Å². The molecule has 0 bridgehead atoms. The SMILES string of the molecule is COc1ccc2nc(N(CC3CCCO3)C(=O)c3ccc(NS(=O)(=O)c4ccc(C)cc4)cc3)sc2c1. The molecule has 1 N–H and O–H groups in total. The van der Waals surface area contributed by atoms with Crippen molar-refractivity contribution in [1.29, 1.82) is 0 Å². The number of anilines is 2. The number of fused-ring (bicyclic) bond motifs is 1. The van der Waals surface area contributed by atoms with Crippen molar-refractivity contribution in [2.24, 2.45) is 0 Å². The lowest BCUT2D eigenvalue weighted by molar-refractivity contribution is 0.0917. The zero-order chi connectivity index (χ0) is 26.0. The maximum Gasteiger partial charge on any atom is 0.261 e. The van der Waals surface area contributed by atoms with Gasteiger partial charge in [0.25, 0.3) is 15.9 Å². The van der Waals surface area contributed by atoms with Gasteiger partial charge in [-0.1, -0.05) is 29.0 Å². The van der Waals surface area contributed by atoms with Gasteiger partial charge in [0.05, 0.1) is 34.9 Å². The first-order valence-electron chi connectivity index (χ1n) is 11.9. The minimum atomic E-state index is -3.74. The van der Waals surface area contributed by atoms with E-state index in [1.165, 1.54) is 11.3 Å². The molecular formula is C27H27N3O5S2. The summed E-state index contributed by atoms with van der Waals surface area (Å²) in [5.41, 5.74) is 2.55. The molecule has 10 heteroatoms. The molecule has 0 aliphatic carbocycles. The molecule has 1 aliphatic rings. The van der Waals surface area contributed by atoms with Crippen LogP contribution in [0.3, 0.4) is 0 Å². The average Bonchev–Trinajstić information content (AvgIpc) is 3.56. The van der Waals surface area contributed by atoms with Gasteiger partial charge in [0, 0.05) is 17.9 Å². The summed E-state index contributed by atoms with van der Waals surface area (Å²) in [7, 11) is -2.13. The number of rotatable bonds is 8.